The summed E-state index contributed by atoms with van der Waals surface area (Å²) < 4.78 is 5.92. The molecule has 4 nitrogen and oxygen atoms in total. The van der Waals surface area contributed by atoms with E-state index in [-0.39, 0.29) is 6.04 Å². The second-order valence-corrected chi connectivity index (χ2v) is 8.12. The molecule has 3 atom stereocenters. The van der Waals surface area contributed by atoms with Gasteiger partial charge in [0.15, 0.2) is 0 Å². The van der Waals surface area contributed by atoms with E-state index in [1.807, 2.05) is 30.3 Å². The van der Waals surface area contributed by atoms with E-state index in [1.54, 1.807) is 6.07 Å². The smallest absolute Gasteiger partial charge is 0.119 e. The summed E-state index contributed by atoms with van der Waals surface area (Å²) in [5.41, 5.74) is 2.08. The normalized spacial score (nSPS) is 19.2. The largest absolute Gasteiger partial charge is 0.492 e. The predicted octanol–water partition coefficient (Wildman–Crippen LogP) is 4.12. The number of nitrogens with one attached hydrogen (secondary N) is 2. The number of ether oxygens (including phenoxy) is 1. The van der Waals surface area contributed by atoms with Crippen LogP contribution in [0.4, 0.5) is 0 Å². The van der Waals surface area contributed by atoms with Gasteiger partial charge >= 0.3 is 0 Å². The van der Waals surface area contributed by atoms with E-state index in [2.05, 4.69) is 29.7 Å². The highest BCUT2D eigenvalue weighted by Gasteiger charge is 2.13. The van der Waals surface area contributed by atoms with Crippen LogP contribution >= 0.6 is 11.6 Å². The number of aliphatic hydroxyl groups excluding tert-OH is 1. The second-order valence-electron chi connectivity index (χ2n) is 7.69. The lowest BCUT2D eigenvalue weighted by molar-refractivity contribution is 0.170. The molecular weight excluding hydrogens is 372 g/mol. The summed E-state index contributed by atoms with van der Waals surface area (Å²) in [6, 6.07) is 16.4. The maximum atomic E-state index is 10.3. The van der Waals surface area contributed by atoms with Crippen molar-refractivity contribution in [2.24, 2.45) is 0 Å². The summed E-state index contributed by atoms with van der Waals surface area (Å²) in [5, 5.41) is 17.9. The van der Waals surface area contributed by atoms with Crippen LogP contribution in [0.5, 0.6) is 5.75 Å². The molecule has 1 fully saturated rings. The average Bonchev–Trinajstić information content (AvgIpc) is 2.72. The zero-order chi connectivity index (χ0) is 19.8. The van der Waals surface area contributed by atoms with Crippen molar-refractivity contribution >= 4 is 11.6 Å². The Balaban J connectivity index is 1.40. The van der Waals surface area contributed by atoms with E-state index in [0.29, 0.717) is 17.6 Å². The van der Waals surface area contributed by atoms with Gasteiger partial charge in [0.25, 0.3) is 0 Å². The minimum atomic E-state index is -0.565. The van der Waals surface area contributed by atoms with Gasteiger partial charge in [0.2, 0.25) is 0 Å². The highest BCUT2D eigenvalue weighted by molar-refractivity contribution is 6.30. The first-order chi connectivity index (χ1) is 13.6. The SMILES string of the molecule is CC(Cc1ccc(OCC2CCCCN2)cc1)NCC(O)c1cccc(Cl)c1. The van der Waals surface area contributed by atoms with Gasteiger partial charge in [-0.15, -0.1) is 0 Å². The minimum absolute atomic E-state index is 0.257. The number of hydrogen-bond acceptors (Lipinski definition) is 4. The van der Waals surface area contributed by atoms with Gasteiger partial charge in [-0.2, -0.15) is 0 Å². The fourth-order valence-corrected chi connectivity index (χ4v) is 3.75. The van der Waals surface area contributed by atoms with Crippen molar-refractivity contribution in [1.29, 1.82) is 0 Å². The molecule has 1 aliphatic rings. The lowest BCUT2D eigenvalue weighted by Crippen LogP contribution is -2.38. The fraction of sp³-hybridized carbons (Fsp3) is 0.478. The quantitative estimate of drug-likeness (QED) is 0.590. The van der Waals surface area contributed by atoms with Crippen LogP contribution in [0.25, 0.3) is 0 Å². The molecule has 28 heavy (non-hydrogen) atoms. The van der Waals surface area contributed by atoms with Crippen LogP contribution in [0, 0.1) is 0 Å². The van der Waals surface area contributed by atoms with Crippen molar-refractivity contribution in [2.45, 2.75) is 50.8 Å². The first kappa shape index (κ1) is 21.1. The molecule has 2 aromatic rings. The molecule has 0 spiro atoms. The summed E-state index contributed by atoms with van der Waals surface area (Å²) in [4.78, 5) is 0. The van der Waals surface area contributed by atoms with Crippen molar-refractivity contribution in [3.8, 4) is 5.75 Å². The zero-order valence-corrected chi connectivity index (χ0v) is 17.3. The van der Waals surface area contributed by atoms with Gasteiger partial charge in [-0.25, -0.2) is 0 Å². The number of piperidine rings is 1. The second kappa shape index (κ2) is 10.8. The van der Waals surface area contributed by atoms with Gasteiger partial charge in [0.1, 0.15) is 12.4 Å². The molecule has 0 aromatic heterocycles. The molecule has 5 heteroatoms. The van der Waals surface area contributed by atoms with Crippen LogP contribution in [0.3, 0.4) is 0 Å². The highest BCUT2D eigenvalue weighted by atomic mass is 35.5. The van der Waals surface area contributed by atoms with Crippen LogP contribution < -0.4 is 15.4 Å². The molecule has 1 heterocycles. The molecule has 152 valence electrons. The Morgan fingerprint density at radius 2 is 2.04 bits per heavy atom. The standard InChI is InChI=1S/C23H31ClN2O2/c1-17(26-15-23(27)19-5-4-6-20(24)14-19)13-18-8-10-22(11-9-18)28-16-21-7-2-3-12-25-21/h4-6,8-11,14,17,21,23,25-27H,2-3,7,12-13,15-16H2,1H3. The molecule has 0 radical (unpaired) electrons. The highest BCUT2D eigenvalue weighted by Crippen LogP contribution is 2.18. The number of aliphatic hydroxyl groups is 1. The molecule has 0 bridgehead atoms. The summed E-state index contributed by atoms with van der Waals surface area (Å²) in [6.07, 6.45) is 4.09. The molecule has 3 rings (SSSR count). The first-order valence-corrected chi connectivity index (χ1v) is 10.6. The first-order valence-electron chi connectivity index (χ1n) is 10.2. The maximum absolute atomic E-state index is 10.3. The topological polar surface area (TPSA) is 53.5 Å². The number of rotatable bonds is 9. The maximum Gasteiger partial charge on any atom is 0.119 e. The Bertz CT molecular complexity index is 717. The van der Waals surface area contributed by atoms with Crippen molar-refractivity contribution in [2.75, 3.05) is 19.7 Å². The van der Waals surface area contributed by atoms with Gasteiger partial charge in [-0.1, -0.05) is 42.3 Å². The van der Waals surface area contributed by atoms with Crippen molar-refractivity contribution in [3.05, 3.63) is 64.7 Å². The van der Waals surface area contributed by atoms with Gasteiger partial charge in [-0.05, 0) is 68.1 Å². The van der Waals surface area contributed by atoms with Crippen molar-refractivity contribution in [1.82, 2.24) is 10.6 Å². The molecule has 0 amide bonds. The van der Waals surface area contributed by atoms with Gasteiger partial charge in [0, 0.05) is 23.7 Å². The third-order valence-electron chi connectivity index (χ3n) is 5.22. The van der Waals surface area contributed by atoms with Gasteiger partial charge < -0.3 is 20.5 Å². The van der Waals surface area contributed by atoms with Crippen LogP contribution in [0.2, 0.25) is 5.02 Å². The van der Waals surface area contributed by atoms with E-state index >= 15 is 0 Å². The van der Waals surface area contributed by atoms with E-state index in [1.165, 1.54) is 24.8 Å². The Morgan fingerprint density at radius 1 is 1.21 bits per heavy atom. The molecule has 3 unspecified atom stereocenters. The Kier molecular flexibility index (Phi) is 8.16. The third-order valence-corrected chi connectivity index (χ3v) is 5.46. The predicted molar refractivity (Wildman–Crippen MR) is 115 cm³/mol. The van der Waals surface area contributed by atoms with Crippen molar-refractivity contribution < 1.29 is 9.84 Å². The summed E-state index contributed by atoms with van der Waals surface area (Å²) in [7, 11) is 0. The average molecular weight is 403 g/mol. The molecule has 0 saturated carbocycles. The number of hydrogen-bond donors (Lipinski definition) is 3. The molecular formula is C23H31ClN2O2. The zero-order valence-electron chi connectivity index (χ0n) is 16.5. The lowest BCUT2D eigenvalue weighted by atomic mass is 10.1. The van der Waals surface area contributed by atoms with Gasteiger partial charge in [0.05, 0.1) is 6.10 Å². The summed E-state index contributed by atoms with van der Waals surface area (Å²) >= 11 is 5.99. The molecule has 0 aliphatic carbocycles. The number of benzene rings is 2. The van der Waals surface area contributed by atoms with Crippen LogP contribution in [0.1, 0.15) is 43.4 Å². The van der Waals surface area contributed by atoms with Crippen molar-refractivity contribution in [3.63, 3.8) is 0 Å². The van der Waals surface area contributed by atoms with Crippen LogP contribution in [-0.4, -0.2) is 36.9 Å². The Morgan fingerprint density at radius 3 is 2.75 bits per heavy atom. The molecule has 2 aromatic carbocycles. The van der Waals surface area contributed by atoms with E-state index in [4.69, 9.17) is 16.3 Å². The number of halogens is 1. The molecule has 3 N–H and O–H groups in total. The van der Waals surface area contributed by atoms with E-state index in [9.17, 15) is 5.11 Å². The Labute approximate surface area is 173 Å². The Hall–Kier alpha value is -1.59. The monoisotopic (exact) mass is 402 g/mol. The molecule has 1 saturated heterocycles. The lowest BCUT2D eigenvalue weighted by Gasteiger charge is -2.23. The third kappa shape index (κ3) is 6.78. The van der Waals surface area contributed by atoms with E-state index in [0.717, 1.165) is 30.9 Å². The summed E-state index contributed by atoms with van der Waals surface area (Å²) in [5.74, 6) is 0.924. The minimum Gasteiger partial charge on any atom is -0.492 e. The molecule has 1 aliphatic heterocycles. The van der Waals surface area contributed by atoms with E-state index < -0.39 is 6.10 Å². The van der Waals surface area contributed by atoms with Gasteiger partial charge in [-0.3, -0.25) is 0 Å². The van der Waals surface area contributed by atoms with Crippen LogP contribution in [-0.2, 0) is 6.42 Å². The summed E-state index contributed by atoms with van der Waals surface area (Å²) in [6.45, 7) is 4.46. The fourth-order valence-electron chi connectivity index (χ4n) is 3.56. The van der Waals surface area contributed by atoms with Crippen LogP contribution in [0.15, 0.2) is 48.5 Å².